The number of carbonyl (C=O) groups excluding carboxylic acids is 1. The monoisotopic (exact) mass is 219 g/mol. The van der Waals surface area contributed by atoms with Crippen LogP contribution >= 0.6 is 0 Å². The van der Waals surface area contributed by atoms with E-state index >= 15 is 0 Å². The van der Waals surface area contributed by atoms with Crippen molar-refractivity contribution in [2.24, 2.45) is 5.73 Å². The quantitative estimate of drug-likeness (QED) is 0.753. The average molecular weight is 219 g/mol. The molecule has 1 atom stereocenters. The number of benzene rings is 1. The fourth-order valence-corrected chi connectivity index (χ4v) is 2.11. The molecule has 0 spiro atoms. The van der Waals surface area contributed by atoms with Crippen molar-refractivity contribution in [2.45, 2.75) is 19.1 Å². The van der Waals surface area contributed by atoms with E-state index in [4.69, 9.17) is 5.73 Å². The minimum atomic E-state index is -0.293. The second-order valence-corrected chi connectivity index (χ2v) is 4.18. The Labute approximate surface area is 95.4 Å². The Hall–Kier alpha value is -1.39. The lowest BCUT2D eigenvalue weighted by Gasteiger charge is -2.20. The highest BCUT2D eigenvalue weighted by Gasteiger charge is 2.22. The van der Waals surface area contributed by atoms with Crippen LogP contribution in [0.15, 0.2) is 24.3 Å². The molecule has 0 saturated heterocycles. The Kier molecular flexibility index (Phi) is 3.22. The zero-order valence-electron chi connectivity index (χ0n) is 9.44. The number of hydrogen-bond acceptors (Lipinski definition) is 3. The molecule has 3 N–H and O–H groups in total. The third-order valence-electron chi connectivity index (χ3n) is 3.04. The molecule has 1 aliphatic rings. The van der Waals surface area contributed by atoms with E-state index in [1.165, 1.54) is 11.1 Å². The van der Waals surface area contributed by atoms with Gasteiger partial charge < -0.3 is 11.1 Å². The summed E-state index contributed by atoms with van der Waals surface area (Å²) in [6.07, 6.45) is 0. The summed E-state index contributed by atoms with van der Waals surface area (Å²) in [6.45, 7) is 2.48. The number of hydrogen-bond donors (Lipinski definition) is 2. The molecule has 0 fully saturated rings. The van der Waals surface area contributed by atoms with Crippen LogP contribution in [0.1, 0.15) is 11.1 Å². The summed E-state index contributed by atoms with van der Waals surface area (Å²) >= 11 is 0. The Morgan fingerprint density at radius 3 is 2.44 bits per heavy atom. The minimum Gasteiger partial charge on any atom is -0.368 e. The van der Waals surface area contributed by atoms with Crippen molar-refractivity contribution in [3.05, 3.63) is 35.4 Å². The number of nitrogens with one attached hydrogen (secondary N) is 1. The second-order valence-electron chi connectivity index (χ2n) is 4.18. The third-order valence-corrected chi connectivity index (χ3v) is 3.04. The van der Waals surface area contributed by atoms with E-state index < -0.39 is 0 Å². The number of carbonyl (C=O) groups is 1. The fourth-order valence-electron chi connectivity index (χ4n) is 2.11. The van der Waals surface area contributed by atoms with Gasteiger partial charge in [-0.2, -0.15) is 0 Å². The standard InChI is InChI=1S/C12H17N3O/c1-14-11(12(13)16)8-15-6-9-4-2-3-5-10(9)7-15/h2-5,11,14H,6-8H2,1H3,(H2,13,16). The predicted molar refractivity (Wildman–Crippen MR) is 62.6 cm³/mol. The summed E-state index contributed by atoms with van der Waals surface area (Å²) in [6, 6.07) is 8.09. The maximum absolute atomic E-state index is 11.1. The Balaban J connectivity index is 1.99. The van der Waals surface area contributed by atoms with Gasteiger partial charge in [0.15, 0.2) is 0 Å². The van der Waals surface area contributed by atoms with Crippen LogP contribution in [0.5, 0.6) is 0 Å². The number of nitrogens with zero attached hydrogens (tertiary/aromatic N) is 1. The maximum Gasteiger partial charge on any atom is 0.235 e. The van der Waals surface area contributed by atoms with Crippen molar-refractivity contribution in [2.75, 3.05) is 13.6 Å². The largest absolute Gasteiger partial charge is 0.368 e. The summed E-state index contributed by atoms with van der Waals surface area (Å²) in [5.74, 6) is -0.293. The van der Waals surface area contributed by atoms with Gasteiger partial charge >= 0.3 is 0 Å². The molecule has 4 nitrogen and oxygen atoms in total. The van der Waals surface area contributed by atoms with Gasteiger partial charge in [-0.1, -0.05) is 24.3 Å². The summed E-state index contributed by atoms with van der Waals surface area (Å²) in [4.78, 5) is 13.4. The van der Waals surface area contributed by atoms with Crippen LogP contribution in [-0.4, -0.2) is 30.4 Å². The number of nitrogens with two attached hydrogens (primary N) is 1. The van der Waals surface area contributed by atoms with Gasteiger partial charge in [0.25, 0.3) is 0 Å². The molecular formula is C12H17N3O. The molecule has 16 heavy (non-hydrogen) atoms. The van der Waals surface area contributed by atoms with Crippen molar-refractivity contribution in [1.82, 2.24) is 10.2 Å². The molecule has 0 radical (unpaired) electrons. The summed E-state index contributed by atoms with van der Waals surface area (Å²) < 4.78 is 0. The van der Waals surface area contributed by atoms with Gasteiger partial charge in [-0.15, -0.1) is 0 Å². The van der Waals surface area contributed by atoms with Crippen LogP contribution in [0, 0.1) is 0 Å². The predicted octanol–water partition coefficient (Wildman–Crippen LogP) is 0.0755. The highest BCUT2D eigenvalue weighted by atomic mass is 16.1. The number of rotatable bonds is 4. The molecule has 0 aliphatic carbocycles. The Morgan fingerprint density at radius 2 is 2.00 bits per heavy atom. The SMILES string of the molecule is CNC(CN1Cc2ccccc2C1)C(N)=O. The first-order chi connectivity index (χ1) is 7.70. The first-order valence-electron chi connectivity index (χ1n) is 5.46. The van der Waals surface area contributed by atoms with Crippen molar-refractivity contribution in [3.8, 4) is 0 Å². The van der Waals surface area contributed by atoms with Crippen LogP contribution in [-0.2, 0) is 17.9 Å². The number of primary amides is 1. The van der Waals surface area contributed by atoms with Crippen LogP contribution in [0.2, 0.25) is 0 Å². The van der Waals surface area contributed by atoms with Crippen molar-refractivity contribution in [1.29, 1.82) is 0 Å². The molecule has 1 aromatic carbocycles. The average Bonchev–Trinajstić information content (AvgIpc) is 2.67. The smallest absolute Gasteiger partial charge is 0.235 e. The lowest BCUT2D eigenvalue weighted by atomic mass is 10.1. The van der Waals surface area contributed by atoms with E-state index in [9.17, 15) is 4.79 Å². The summed E-state index contributed by atoms with van der Waals surface area (Å²) in [7, 11) is 1.76. The van der Waals surface area contributed by atoms with E-state index in [1.807, 2.05) is 12.1 Å². The fraction of sp³-hybridized carbons (Fsp3) is 0.417. The molecule has 0 aromatic heterocycles. The number of amides is 1. The second kappa shape index (κ2) is 4.63. The number of fused-ring (bicyclic) bond motifs is 1. The van der Waals surface area contributed by atoms with E-state index in [0.717, 1.165) is 13.1 Å². The van der Waals surface area contributed by atoms with Gasteiger partial charge in [-0.25, -0.2) is 0 Å². The molecular weight excluding hydrogens is 202 g/mol. The molecule has 1 unspecified atom stereocenters. The van der Waals surface area contributed by atoms with E-state index in [2.05, 4.69) is 22.3 Å². The molecule has 1 heterocycles. The highest BCUT2D eigenvalue weighted by Crippen LogP contribution is 2.21. The molecule has 1 amide bonds. The molecule has 2 rings (SSSR count). The normalized spacial score (nSPS) is 17.1. The zero-order chi connectivity index (χ0) is 11.5. The molecule has 1 aliphatic heterocycles. The van der Waals surface area contributed by atoms with Crippen LogP contribution in [0.3, 0.4) is 0 Å². The lowest BCUT2D eigenvalue weighted by Crippen LogP contribution is -2.46. The first-order valence-corrected chi connectivity index (χ1v) is 5.46. The lowest BCUT2D eigenvalue weighted by molar-refractivity contribution is -0.120. The topological polar surface area (TPSA) is 58.4 Å². The van der Waals surface area contributed by atoms with Gasteiger partial charge in [0.1, 0.15) is 0 Å². The third kappa shape index (κ3) is 2.23. The summed E-state index contributed by atoms with van der Waals surface area (Å²) in [5, 5.41) is 2.94. The minimum absolute atomic E-state index is 0.269. The van der Waals surface area contributed by atoms with Crippen molar-refractivity contribution >= 4 is 5.91 Å². The van der Waals surface area contributed by atoms with Gasteiger partial charge in [0.2, 0.25) is 5.91 Å². The molecule has 0 saturated carbocycles. The van der Waals surface area contributed by atoms with Gasteiger partial charge in [0, 0.05) is 19.6 Å². The Morgan fingerprint density at radius 1 is 1.44 bits per heavy atom. The molecule has 4 heteroatoms. The van der Waals surface area contributed by atoms with E-state index in [-0.39, 0.29) is 11.9 Å². The molecule has 86 valence electrons. The molecule has 1 aromatic rings. The Bertz CT molecular complexity index is 367. The van der Waals surface area contributed by atoms with Gasteiger partial charge in [-0.05, 0) is 18.2 Å². The van der Waals surface area contributed by atoms with Gasteiger partial charge in [0.05, 0.1) is 6.04 Å². The highest BCUT2D eigenvalue weighted by molar-refractivity contribution is 5.80. The van der Waals surface area contributed by atoms with Crippen molar-refractivity contribution < 1.29 is 4.79 Å². The number of likely N-dealkylation sites (N-methyl/N-ethyl adjacent to an activating group) is 1. The zero-order valence-corrected chi connectivity index (χ0v) is 9.44. The maximum atomic E-state index is 11.1. The van der Waals surface area contributed by atoms with Crippen LogP contribution in [0.4, 0.5) is 0 Å². The first kappa shape index (κ1) is 11.1. The summed E-state index contributed by atoms with van der Waals surface area (Å²) in [5.41, 5.74) is 8.00. The van der Waals surface area contributed by atoms with Crippen molar-refractivity contribution in [3.63, 3.8) is 0 Å². The molecule has 0 bridgehead atoms. The van der Waals surface area contributed by atoms with E-state index in [0.29, 0.717) is 6.54 Å². The van der Waals surface area contributed by atoms with Crippen LogP contribution in [0.25, 0.3) is 0 Å². The van der Waals surface area contributed by atoms with Crippen LogP contribution < -0.4 is 11.1 Å². The van der Waals surface area contributed by atoms with Gasteiger partial charge in [-0.3, -0.25) is 9.69 Å². The van der Waals surface area contributed by atoms with E-state index in [1.54, 1.807) is 7.05 Å².